The lowest BCUT2D eigenvalue weighted by Gasteiger charge is -2.16. The lowest BCUT2D eigenvalue weighted by molar-refractivity contribution is -0.120. The van der Waals surface area contributed by atoms with E-state index in [4.69, 9.17) is 0 Å². The molecule has 2 aromatic carbocycles. The molecule has 3 rings (SSSR count). The van der Waals surface area contributed by atoms with Crippen LogP contribution in [0.3, 0.4) is 0 Å². The molecule has 0 bridgehead atoms. The highest BCUT2D eigenvalue weighted by Crippen LogP contribution is 2.22. The molecule has 3 amide bonds. The summed E-state index contributed by atoms with van der Waals surface area (Å²) in [4.78, 5) is 37.5. The van der Waals surface area contributed by atoms with Crippen molar-refractivity contribution in [2.24, 2.45) is 0 Å². The minimum Gasteiger partial charge on any atom is -0.359 e. The van der Waals surface area contributed by atoms with Crippen molar-refractivity contribution in [3.05, 3.63) is 59.7 Å². The minimum atomic E-state index is -0.238. The first-order valence-electron chi connectivity index (χ1n) is 8.58. The van der Waals surface area contributed by atoms with Crippen molar-refractivity contribution in [1.82, 2.24) is 5.32 Å². The number of benzene rings is 2. The fourth-order valence-corrected chi connectivity index (χ4v) is 2.92. The molecule has 1 saturated heterocycles. The maximum absolute atomic E-state index is 12.5. The molecule has 0 unspecified atom stereocenters. The van der Waals surface area contributed by atoms with Gasteiger partial charge in [-0.1, -0.05) is 18.2 Å². The lowest BCUT2D eigenvalue weighted by Crippen LogP contribution is -2.24. The van der Waals surface area contributed by atoms with Gasteiger partial charge in [0.15, 0.2) is 0 Å². The molecule has 1 fully saturated rings. The molecule has 0 radical (unpaired) electrons. The zero-order valence-corrected chi connectivity index (χ0v) is 14.6. The van der Waals surface area contributed by atoms with Crippen LogP contribution in [0.4, 0.5) is 11.4 Å². The van der Waals surface area contributed by atoms with Crippen LogP contribution in [-0.2, 0) is 16.0 Å². The second kappa shape index (κ2) is 7.82. The van der Waals surface area contributed by atoms with Gasteiger partial charge in [0.05, 0.1) is 6.42 Å². The number of amides is 3. The first-order valence-corrected chi connectivity index (χ1v) is 8.58. The van der Waals surface area contributed by atoms with Gasteiger partial charge >= 0.3 is 0 Å². The number of nitrogens with one attached hydrogen (secondary N) is 2. The summed E-state index contributed by atoms with van der Waals surface area (Å²) in [6.45, 7) is 0.691. The monoisotopic (exact) mass is 351 g/mol. The predicted molar refractivity (Wildman–Crippen MR) is 100 cm³/mol. The molecule has 2 aromatic rings. The van der Waals surface area contributed by atoms with E-state index >= 15 is 0 Å². The van der Waals surface area contributed by atoms with E-state index in [1.165, 1.54) is 0 Å². The summed E-state index contributed by atoms with van der Waals surface area (Å²) in [5.74, 6) is -0.207. The molecule has 6 nitrogen and oxygen atoms in total. The molecule has 6 heteroatoms. The second-order valence-electron chi connectivity index (χ2n) is 6.20. The van der Waals surface area contributed by atoms with Crippen LogP contribution in [0.5, 0.6) is 0 Å². The Hall–Kier alpha value is -3.15. The van der Waals surface area contributed by atoms with Crippen LogP contribution in [0.1, 0.15) is 28.8 Å². The van der Waals surface area contributed by atoms with Crippen molar-refractivity contribution in [3.8, 4) is 0 Å². The largest absolute Gasteiger partial charge is 0.359 e. The zero-order valence-electron chi connectivity index (χ0n) is 14.6. The molecule has 26 heavy (non-hydrogen) atoms. The molecule has 134 valence electrons. The van der Waals surface area contributed by atoms with Crippen LogP contribution >= 0.6 is 0 Å². The van der Waals surface area contributed by atoms with Crippen molar-refractivity contribution in [3.63, 3.8) is 0 Å². The third-order valence-electron chi connectivity index (χ3n) is 4.35. The molecule has 2 N–H and O–H groups in total. The molecule has 0 spiro atoms. The number of anilines is 2. The molecule has 0 atom stereocenters. The van der Waals surface area contributed by atoms with Gasteiger partial charge in [0.25, 0.3) is 5.91 Å². The lowest BCUT2D eigenvalue weighted by atomic mass is 10.1. The minimum absolute atomic E-state index is 0.0601. The van der Waals surface area contributed by atoms with Gasteiger partial charge in [-0.05, 0) is 42.3 Å². The van der Waals surface area contributed by atoms with Crippen LogP contribution in [-0.4, -0.2) is 31.3 Å². The maximum atomic E-state index is 12.5. The molecular formula is C20H21N3O3. The van der Waals surface area contributed by atoms with Gasteiger partial charge in [-0.25, -0.2) is 0 Å². The Morgan fingerprint density at radius 3 is 2.54 bits per heavy atom. The first kappa shape index (κ1) is 17.7. The Morgan fingerprint density at radius 1 is 1.12 bits per heavy atom. The summed E-state index contributed by atoms with van der Waals surface area (Å²) in [6, 6.07) is 14.2. The van der Waals surface area contributed by atoms with Crippen LogP contribution in [0.2, 0.25) is 0 Å². The second-order valence-corrected chi connectivity index (χ2v) is 6.20. The topological polar surface area (TPSA) is 78.5 Å². The van der Waals surface area contributed by atoms with Crippen molar-refractivity contribution in [2.45, 2.75) is 19.3 Å². The SMILES string of the molecule is CNC(=O)Cc1ccc(NC(=O)c2cccc(N3CCCC3=O)c2)cc1. The van der Waals surface area contributed by atoms with Gasteiger partial charge in [-0.2, -0.15) is 0 Å². The van der Waals surface area contributed by atoms with Crippen LogP contribution < -0.4 is 15.5 Å². The van der Waals surface area contributed by atoms with Crippen LogP contribution in [0.15, 0.2) is 48.5 Å². The Bertz CT molecular complexity index is 830. The van der Waals surface area contributed by atoms with Crippen LogP contribution in [0, 0.1) is 0 Å². The van der Waals surface area contributed by atoms with E-state index in [-0.39, 0.29) is 17.7 Å². The first-order chi connectivity index (χ1) is 12.6. The fraction of sp³-hybridized carbons (Fsp3) is 0.250. The van der Waals surface area contributed by atoms with Gasteiger partial charge in [-0.15, -0.1) is 0 Å². The molecule has 0 saturated carbocycles. The highest BCUT2D eigenvalue weighted by Gasteiger charge is 2.22. The van der Waals surface area contributed by atoms with E-state index in [1.807, 2.05) is 18.2 Å². The summed E-state index contributed by atoms with van der Waals surface area (Å²) in [7, 11) is 1.60. The average Bonchev–Trinajstić information content (AvgIpc) is 3.09. The molecule has 0 aromatic heterocycles. The standard InChI is InChI=1S/C20H21N3O3/c1-21-18(24)12-14-7-9-16(10-8-14)22-20(26)15-4-2-5-17(13-15)23-11-3-6-19(23)25/h2,4-5,7-10,13H,3,6,11-12H2,1H3,(H,21,24)(H,22,26). The van der Waals surface area contributed by atoms with Crippen molar-refractivity contribution >= 4 is 29.1 Å². The Kier molecular flexibility index (Phi) is 5.31. The summed E-state index contributed by atoms with van der Waals surface area (Å²) in [5, 5.41) is 5.42. The van der Waals surface area contributed by atoms with Gasteiger partial charge in [0, 0.05) is 37.0 Å². The highest BCUT2D eigenvalue weighted by molar-refractivity contribution is 6.05. The van der Waals surface area contributed by atoms with Crippen molar-refractivity contribution in [1.29, 1.82) is 0 Å². The average molecular weight is 351 g/mol. The number of hydrogen-bond donors (Lipinski definition) is 2. The number of carbonyl (C=O) groups excluding carboxylic acids is 3. The van der Waals surface area contributed by atoms with Crippen molar-refractivity contribution < 1.29 is 14.4 Å². The van der Waals surface area contributed by atoms with E-state index in [2.05, 4.69) is 10.6 Å². The Balaban J connectivity index is 1.68. The quantitative estimate of drug-likeness (QED) is 0.868. The molecule has 0 aliphatic carbocycles. The summed E-state index contributed by atoms with van der Waals surface area (Å²) in [6.07, 6.45) is 1.70. The third-order valence-corrected chi connectivity index (χ3v) is 4.35. The molecule has 1 heterocycles. The fourth-order valence-electron chi connectivity index (χ4n) is 2.92. The summed E-state index contributed by atoms with van der Waals surface area (Å²) in [5.41, 5.74) is 2.77. The number of nitrogens with zero attached hydrogens (tertiary/aromatic N) is 1. The van der Waals surface area contributed by atoms with E-state index in [9.17, 15) is 14.4 Å². The van der Waals surface area contributed by atoms with Gasteiger partial charge in [0.1, 0.15) is 0 Å². The third kappa shape index (κ3) is 4.08. The number of likely N-dealkylation sites (N-methyl/N-ethyl adjacent to an activating group) is 1. The van der Waals surface area contributed by atoms with E-state index in [0.717, 1.165) is 17.7 Å². The Labute approximate surface area is 152 Å². The summed E-state index contributed by atoms with van der Waals surface area (Å²) >= 11 is 0. The smallest absolute Gasteiger partial charge is 0.255 e. The van der Waals surface area contributed by atoms with Gasteiger partial charge in [-0.3, -0.25) is 14.4 Å². The Morgan fingerprint density at radius 2 is 1.88 bits per heavy atom. The summed E-state index contributed by atoms with van der Waals surface area (Å²) < 4.78 is 0. The van der Waals surface area contributed by atoms with Crippen molar-refractivity contribution in [2.75, 3.05) is 23.8 Å². The number of carbonyl (C=O) groups is 3. The van der Waals surface area contributed by atoms with E-state index < -0.39 is 0 Å². The van der Waals surface area contributed by atoms with E-state index in [1.54, 1.807) is 42.3 Å². The highest BCUT2D eigenvalue weighted by atomic mass is 16.2. The van der Waals surface area contributed by atoms with E-state index in [0.29, 0.717) is 30.6 Å². The molecule has 1 aliphatic heterocycles. The zero-order chi connectivity index (χ0) is 18.5. The number of rotatable bonds is 5. The maximum Gasteiger partial charge on any atom is 0.255 e. The molecule has 1 aliphatic rings. The van der Waals surface area contributed by atoms with Crippen LogP contribution in [0.25, 0.3) is 0 Å². The number of hydrogen-bond acceptors (Lipinski definition) is 3. The molecular weight excluding hydrogens is 330 g/mol. The van der Waals surface area contributed by atoms with Gasteiger partial charge < -0.3 is 15.5 Å². The van der Waals surface area contributed by atoms with Gasteiger partial charge in [0.2, 0.25) is 11.8 Å². The predicted octanol–water partition coefficient (Wildman–Crippen LogP) is 2.35. The normalized spacial score (nSPS) is 13.6.